The van der Waals surface area contributed by atoms with Gasteiger partial charge >= 0.3 is 6.03 Å². The summed E-state index contributed by atoms with van der Waals surface area (Å²) in [5.74, 6) is 0. The summed E-state index contributed by atoms with van der Waals surface area (Å²) in [5.41, 5.74) is 1.14. The zero-order valence-corrected chi connectivity index (χ0v) is 8.83. The second kappa shape index (κ2) is 4.93. The molecule has 2 rings (SSSR count). The van der Waals surface area contributed by atoms with Gasteiger partial charge in [-0.2, -0.15) is 0 Å². The van der Waals surface area contributed by atoms with Crippen LogP contribution in [0.25, 0.3) is 0 Å². The fourth-order valence-electron chi connectivity index (χ4n) is 1.23. The molecule has 0 atom stereocenters. The number of nitrogens with one attached hydrogen (secondary N) is 2. The number of urea groups is 1. The number of para-hydroxylation sites is 1. The molecule has 0 aliphatic rings. The summed E-state index contributed by atoms with van der Waals surface area (Å²) in [7, 11) is 0. The molecule has 1 heterocycles. The van der Waals surface area contributed by atoms with Crippen LogP contribution in [0.4, 0.5) is 16.2 Å². The second-order valence-electron chi connectivity index (χ2n) is 3.26. The topological polar surface area (TPSA) is 81.0 Å². The average molecular weight is 230 g/mol. The van der Waals surface area contributed by atoms with E-state index in [0.717, 1.165) is 0 Å². The Balaban J connectivity index is 1.96. The zero-order chi connectivity index (χ0) is 12.1. The van der Waals surface area contributed by atoms with Crippen molar-refractivity contribution in [1.29, 1.82) is 0 Å². The van der Waals surface area contributed by atoms with Crippen LogP contribution in [0.5, 0.6) is 0 Å². The SMILES string of the molecule is O=C(Nc1ccccc1)Nc1cc[n+]([O-])nc1. The summed E-state index contributed by atoms with van der Waals surface area (Å²) in [6, 6.07) is 10.1. The third kappa shape index (κ3) is 3.16. The van der Waals surface area contributed by atoms with Crippen LogP contribution in [0.1, 0.15) is 0 Å². The highest BCUT2D eigenvalue weighted by Gasteiger charge is 2.03. The molecule has 0 unspecified atom stereocenters. The van der Waals surface area contributed by atoms with Gasteiger partial charge in [0.15, 0.2) is 0 Å². The van der Waals surface area contributed by atoms with Crippen molar-refractivity contribution in [2.45, 2.75) is 0 Å². The highest BCUT2D eigenvalue weighted by Crippen LogP contribution is 2.06. The zero-order valence-electron chi connectivity index (χ0n) is 8.83. The first kappa shape index (κ1) is 10.9. The molecule has 1 aromatic carbocycles. The van der Waals surface area contributed by atoms with Crippen LogP contribution in [-0.4, -0.2) is 11.1 Å². The van der Waals surface area contributed by atoms with Crippen LogP contribution < -0.4 is 15.5 Å². The minimum absolute atomic E-state index is 0.387. The molecule has 0 fully saturated rings. The molecule has 2 amide bonds. The summed E-state index contributed by atoms with van der Waals surface area (Å²) < 4.78 is 0. The normalized spacial score (nSPS) is 9.65. The maximum atomic E-state index is 11.5. The van der Waals surface area contributed by atoms with Crippen molar-refractivity contribution in [1.82, 2.24) is 5.10 Å². The predicted molar refractivity (Wildman–Crippen MR) is 62.3 cm³/mol. The van der Waals surface area contributed by atoms with Crippen LogP contribution >= 0.6 is 0 Å². The summed E-state index contributed by atoms with van der Waals surface area (Å²) in [6.45, 7) is 0. The largest absolute Gasteiger partial charge is 0.594 e. The van der Waals surface area contributed by atoms with Crippen molar-refractivity contribution in [2.75, 3.05) is 10.6 Å². The lowest BCUT2D eigenvalue weighted by Gasteiger charge is -2.06. The Labute approximate surface area is 97.5 Å². The van der Waals surface area contributed by atoms with Crippen LogP contribution in [-0.2, 0) is 0 Å². The number of rotatable bonds is 2. The smallest absolute Gasteiger partial charge is 0.323 e. The molecule has 2 aromatic rings. The molecule has 2 N–H and O–H groups in total. The van der Waals surface area contributed by atoms with Gasteiger partial charge in [-0.3, -0.25) is 0 Å². The first-order chi connectivity index (χ1) is 8.24. The van der Waals surface area contributed by atoms with E-state index < -0.39 is 0 Å². The van der Waals surface area contributed by atoms with Gasteiger partial charge in [-0.1, -0.05) is 23.0 Å². The molecule has 0 bridgehead atoms. The van der Waals surface area contributed by atoms with Gasteiger partial charge in [-0.05, 0) is 12.1 Å². The van der Waals surface area contributed by atoms with E-state index >= 15 is 0 Å². The van der Waals surface area contributed by atoms with E-state index in [1.165, 1.54) is 18.5 Å². The van der Waals surface area contributed by atoms with E-state index in [0.29, 0.717) is 16.2 Å². The molecule has 86 valence electrons. The molecule has 17 heavy (non-hydrogen) atoms. The molecule has 6 heteroatoms. The average Bonchev–Trinajstić information content (AvgIpc) is 2.33. The van der Waals surface area contributed by atoms with Gasteiger partial charge in [-0.25, -0.2) is 4.79 Å². The van der Waals surface area contributed by atoms with Gasteiger partial charge in [0, 0.05) is 16.9 Å². The number of carbonyl (C=O) groups excluding carboxylic acids is 1. The van der Waals surface area contributed by atoms with Crippen LogP contribution in [0.2, 0.25) is 0 Å². The molecule has 0 spiro atoms. The maximum absolute atomic E-state index is 11.5. The minimum Gasteiger partial charge on any atom is -0.594 e. The lowest BCUT2D eigenvalue weighted by molar-refractivity contribution is -0.669. The fraction of sp³-hybridized carbons (Fsp3) is 0. The van der Waals surface area contributed by atoms with Gasteiger partial charge < -0.3 is 15.8 Å². The van der Waals surface area contributed by atoms with Crippen molar-refractivity contribution >= 4 is 17.4 Å². The highest BCUT2D eigenvalue weighted by atomic mass is 16.5. The lowest BCUT2D eigenvalue weighted by Crippen LogP contribution is -2.30. The standard InChI is InChI=1S/C11H10N4O2/c16-11(13-9-4-2-1-3-5-9)14-10-6-7-15(17)12-8-10/h1-8H,(H2,13,14,16). The second-order valence-corrected chi connectivity index (χ2v) is 3.26. The van der Waals surface area contributed by atoms with E-state index in [4.69, 9.17) is 0 Å². The molecule has 0 saturated carbocycles. The third-order valence-electron chi connectivity index (χ3n) is 1.98. The van der Waals surface area contributed by atoms with Gasteiger partial charge in [0.2, 0.25) is 6.20 Å². The summed E-state index contributed by atoms with van der Waals surface area (Å²) in [6.07, 6.45) is 2.48. The third-order valence-corrected chi connectivity index (χ3v) is 1.98. The molecule has 1 aromatic heterocycles. The maximum Gasteiger partial charge on any atom is 0.323 e. The van der Waals surface area contributed by atoms with Crippen molar-refractivity contribution in [3.8, 4) is 0 Å². The van der Waals surface area contributed by atoms with E-state index in [9.17, 15) is 10.0 Å². The molecule has 0 aliphatic carbocycles. The Morgan fingerprint density at radius 3 is 2.47 bits per heavy atom. The fourth-order valence-corrected chi connectivity index (χ4v) is 1.23. The predicted octanol–water partition coefficient (Wildman–Crippen LogP) is 1.36. The van der Waals surface area contributed by atoms with Crippen molar-refractivity contribution in [3.05, 3.63) is 54.0 Å². The number of hydrogen-bond donors (Lipinski definition) is 2. The van der Waals surface area contributed by atoms with E-state index in [2.05, 4.69) is 15.7 Å². The van der Waals surface area contributed by atoms with Crippen LogP contribution in [0, 0.1) is 5.21 Å². The van der Waals surface area contributed by atoms with Crippen LogP contribution in [0.3, 0.4) is 0 Å². The number of anilines is 2. The molecule has 6 nitrogen and oxygen atoms in total. The quantitative estimate of drug-likeness (QED) is 0.603. The highest BCUT2D eigenvalue weighted by molar-refractivity contribution is 5.99. The van der Waals surface area contributed by atoms with E-state index in [1.807, 2.05) is 18.2 Å². The Morgan fingerprint density at radius 1 is 1.12 bits per heavy atom. The Hall–Kier alpha value is -2.63. The molecule has 0 aliphatic heterocycles. The minimum atomic E-state index is -0.387. The number of aromatic nitrogens is 2. The van der Waals surface area contributed by atoms with Gasteiger partial charge in [0.05, 0.1) is 5.69 Å². The number of carbonyl (C=O) groups is 1. The van der Waals surface area contributed by atoms with Crippen LogP contribution in [0.15, 0.2) is 48.8 Å². The summed E-state index contributed by atoms with van der Waals surface area (Å²) >= 11 is 0. The number of amides is 2. The lowest BCUT2D eigenvalue weighted by atomic mass is 10.3. The van der Waals surface area contributed by atoms with Crippen molar-refractivity contribution < 1.29 is 9.64 Å². The monoisotopic (exact) mass is 230 g/mol. The van der Waals surface area contributed by atoms with Gasteiger partial charge in [0.1, 0.15) is 6.20 Å². The molecular weight excluding hydrogens is 220 g/mol. The number of hydrogen-bond acceptors (Lipinski definition) is 3. The molecule has 0 saturated heterocycles. The van der Waals surface area contributed by atoms with E-state index in [-0.39, 0.29) is 6.03 Å². The first-order valence-corrected chi connectivity index (χ1v) is 4.92. The van der Waals surface area contributed by atoms with Crippen molar-refractivity contribution in [2.24, 2.45) is 0 Å². The molecule has 0 radical (unpaired) electrons. The Kier molecular flexibility index (Phi) is 3.15. The summed E-state index contributed by atoms with van der Waals surface area (Å²) in [5, 5.41) is 19.3. The molecular formula is C11H10N4O2. The Morgan fingerprint density at radius 2 is 1.82 bits per heavy atom. The first-order valence-electron chi connectivity index (χ1n) is 4.92. The Bertz CT molecular complexity index is 499. The van der Waals surface area contributed by atoms with Gasteiger partial charge in [-0.15, -0.1) is 0 Å². The number of nitrogens with zero attached hydrogens (tertiary/aromatic N) is 2. The van der Waals surface area contributed by atoms with Crippen molar-refractivity contribution in [3.63, 3.8) is 0 Å². The van der Waals surface area contributed by atoms with E-state index in [1.54, 1.807) is 12.1 Å². The number of benzene rings is 1. The summed E-state index contributed by atoms with van der Waals surface area (Å²) in [4.78, 5) is 11.9. The van der Waals surface area contributed by atoms with Gasteiger partial charge in [0.25, 0.3) is 0 Å².